The van der Waals surface area contributed by atoms with Crippen molar-refractivity contribution in [1.29, 1.82) is 0 Å². The number of carbonyl (C=O) groups excluding carboxylic acids is 1. The van der Waals surface area contributed by atoms with Crippen molar-refractivity contribution in [1.82, 2.24) is 5.32 Å². The average molecular weight is 449 g/mol. The lowest BCUT2D eigenvalue weighted by Crippen LogP contribution is -2.19. The van der Waals surface area contributed by atoms with Gasteiger partial charge in [0.2, 0.25) is 0 Å². The van der Waals surface area contributed by atoms with Gasteiger partial charge in [0, 0.05) is 16.7 Å². The third-order valence-electron chi connectivity index (χ3n) is 4.09. The van der Waals surface area contributed by atoms with Crippen LogP contribution in [0.25, 0.3) is 17.4 Å². The topological polar surface area (TPSA) is 54.6 Å². The first-order valence-corrected chi connectivity index (χ1v) is 9.80. The van der Waals surface area contributed by atoms with Crippen LogP contribution >= 0.6 is 23.4 Å². The maximum atomic E-state index is 13.1. The molecule has 0 bridgehead atoms. The lowest BCUT2D eigenvalue weighted by Gasteiger charge is -2.09. The molecule has 30 heavy (non-hydrogen) atoms. The Bertz CT molecular complexity index is 1180. The molecule has 9 heteroatoms. The van der Waals surface area contributed by atoms with Crippen LogP contribution in [-0.4, -0.2) is 11.1 Å². The van der Waals surface area contributed by atoms with Crippen molar-refractivity contribution >= 4 is 46.2 Å². The van der Waals surface area contributed by atoms with Crippen molar-refractivity contribution in [2.45, 2.75) is 6.18 Å². The maximum absolute atomic E-state index is 13.1. The van der Waals surface area contributed by atoms with Gasteiger partial charge in [0.25, 0.3) is 5.91 Å². The molecule has 0 unspecified atom stereocenters. The number of para-hydroxylation sites is 1. The second kappa shape index (κ2) is 8.04. The van der Waals surface area contributed by atoms with Gasteiger partial charge in [-0.25, -0.2) is 4.99 Å². The highest BCUT2D eigenvalue weighted by Gasteiger charge is 2.34. The quantitative estimate of drug-likeness (QED) is 0.465. The van der Waals surface area contributed by atoms with Crippen molar-refractivity contribution in [3.63, 3.8) is 0 Å². The fraction of sp³-hybridized carbons (Fsp3) is 0.0476. The summed E-state index contributed by atoms with van der Waals surface area (Å²) in [6.07, 6.45) is -3.04. The molecule has 1 aliphatic heterocycles. The Labute approximate surface area is 178 Å². The molecule has 1 fully saturated rings. The van der Waals surface area contributed by atoms with Crippen molar-refractivity contribution in [3.8, 4) is 11.3 Å². The van der Waals surface area contributed by atoms with E-state index in [4.69, 9.17) is 16.0 Å². The zero-order chi connectivity index (χ0) is 21.3. The third kappa shape index (κ3) is 4.44. The first kappa shape index (κ1) is 20.3. The number of alkyl halides is 3. The van der Waals surface area contributed by atoms with Crippen molar-refractivity contribution in [2.75, 3.05) is 0 Å². The van der Waals surface area contributed by atoms with Crippen LogP contribution in [0, 0.1) is 0 Å². The lowest BCUT2D eigenvalue weighted by molar-refractivity contribution is -0.137. The molecule has 0 atom stereocenters. The van der Waals surface area contributed by atoms with Crippen molar-refractivity contribution < 1.29 is 22.4 Å². The molecule has 0 radical (unpaired) electrons. The van der Waals surface area contributed by atoms with Crippen LogP contribution in [0.5, 0.6) is 0 Å². The molecule has 4 rings (SSSR count). The van der Waals surface area contributed by atoms with Gasteiger partial charge in [-0.2, -0.15) is 13.2 Å². The van der Waals surface area contributed by atoms with E-state index in [1.165, 1.54) is 24.3 Å². The van der Waals surface area contributed by atoms with Crippen molar-refractivity contribution in [2.24, 2.45) is 4.99 Å². The van der Waals surface area contributed by atoms with E-state index in [9.17, 15) is 18.0 Å². The number of nitrogens with zero attached hydrogens (tertiary/aromatic N) is 1. The standard InChI is InChI=1S/C21H12ClF3N2O2S/c22-13-5-3-4-12(10-13)17-9-8-14(29-17)11-18-19(28)27-20(30-18)26-16-7-2-1-6-15(16)21(23,24)25/h1-11H,(H,26,27,28). The zero-order valence-electron chi connectivity index (χ0n) is 15.0. The van der Waals surface area contributed by atoms with Gasteiger partial charge in [-0.1, -0.05) is 35.9 Å². The molecule has 2 heterocycles. The van der Waals surface area contributed by atoms with Crippen LogP contribution in [0.2, 0.25) is 5.02 Å². The number of aliphatic imine (C=N–C) groups is 1. The van der Waals surface area contributed by atoms with E-state index in [2.05, 4.69) is 10.3 Å². The molecule has 1 amide bonds. The molecule has 0 spiro atoms. The number of hydrogen-bond donors (Lipinski definition) is 1. The molecule has 0 aliphatic carbocycles. The summed E-state index contributed by atoms with van der Waals surface area (Å²) in [5.74, 6) is 0.518. The number of nitrogens with one attached hydrogen (secondary N) is 1. The van der Waals surface area contributed by atoms with Crippen LogP contribution < -0.4 is 5.32 Å². The van der Waals surface area contributed by atoms with Gasteiger partial charge in [0.1, 0.15) is 11.5 Å². The van der Waals surface area contributed by atoms with E-state index in [-0.39, 0.29) is 15.8 Å². The minimum atomic E-state index is -4.54. The first-order chi connectivity index (χ1) is 14.3. The summed E-state index contributed by atoms with van der Waals surface area (Å²) in [5, 5.41) is 3.10. The second-order valence-corrected chi connectivity index (χ2v) is 7.68. The van der Waals surface area contributed by atoms with E-state index in [0.29, 0.717) is 16.5 Å². The van der Waals surface area contributed by atoms with Crippen LogP contribution in [0.4, 0.5) is 18.9 Å². The summed E-state index contributed by atoms with van der Waals surface area (Å²) >= 11 is 6.92. The monoisotopic (exact) mass is 448 g/mol. The molecule has 2 aromatic carbocycles. The Morgan fingerprint density at radius 2 is 1.87 bits per heavy atom. The van der Waals surface area contributed by atoms with E-state index in [1.54, 1.807) is 30.3 Å². The summed E-state index contributed by atoms with van der Waals surface area (Å²) in [6, 6.07) is 15.5. The Morgan fingerprint density at radius 1 is 1.07 bits per heavy atom. The van der Waals surface area contributed by atoms with Gasteiger partial charge in [0.15, 0.2) is 5.17 Å². The fourth-order valence-electron chi connectivity index (χ4n) is 2.76. The molecular formula is C21H12ClF3N2O2S. The molecule has 0 saturated carbocycles. The summed E-state index contributed by atoms with van der Waals surface area (Å²) in [5.41, 5.74) is -0.362. The maximum Gasteiger partial charge on any atom is 0.418 e. The minimum Gasteiger partial charge on any atom is -0.457 e. The molecule has 1 saturated heterocycles. The molecule has 152 valence electrons. The van der Waals surface area contributed by atoms with Crippen LogP contribution in [0.1, 0.15) is 11.3 Å². The number of thioether (sulfide) groups is 1. The van der Waals surface area contributed by atoms with E-state index >= 15 is 0 Å². The van der Waals surface area contributed by atoms with Gasteiger partial charge in [-0.15, -0.1) is 0 Å². The SMILES string of the molecule is O=C1NC(=Nc2ccccc2C(F)(F)F)SC1=Cc1ccc(-c2cccc(Cl)c2)o1. The number of rotatable bonds is 3. The number of hydrogen-bond acceptors (Lipinski definition) is 4. The molecule has 4 nitrogen and oxygen atoms in total. The number of amidine groups is 1. The molecule has 1 N–H and O–H groups in total. The molecular weight excluding hydrogens is 437 g/mol. The summed E-state index contributed by atoms with van der Waals surface area (Å²) in [6.45, 7) is 0. The predicted molar refractivity (Wildman–Crippen MR) is 111 cm³/mol. The molecule has 3 aromatic rings. The summed E-state index contributed by atoms with van der Waals surface area (Å²) in [4.78, 5) is 16.4. The largest absolute Gasteiger partial charge is 0.457 e. The van der Waals surface area contributed by atoms with Crippen LogP contribution in [0.3, 0.4) is 0 Å². The van der Waals surface area contributed by atoms with Gasteiger partial charge in [0.05, 0.1) is 16.2 Å². The van der Waals surface area contributed by atoms with Gasteiger partial charge < -0.3 is 9.73 Å². The number of benzene rings is 2. The van der Waals surface area contributed by atoms with Crippen LogP contribution in [0.15, 0.2) is 75.0 Å². The Morgan fingerprint density at radius 3 is 2.63 bits per heavy atom. The van der Waals surface area contributed by atoms with E-state index < -0.39 is 17.6 Å². The third-order valence-corrected chi connectivity index (χ3v) is 5.24. The van der Waals surface area contributed by atoms with E-state index in [0.717, 1.165) is 23.4 Å². The normalized spacial score (nSPS) is 17.0. The molecule has 1 aromatic heterocycles. The first-order valence-electron chi connectivity index (χ1n) is 8.61. The average Bonchev–Trinajstić information content (AvgIpc) is 3.28. The van der Waals surface area contributed by atoms with Crippen molar-refractivity contribution in [3.05, 3.63) is 81.9 Å². The second-order valence-electron chi connectivity index (χ2n) is 6.21. The molecule has 1 aliphatic rings. The summed E-state index contributed by atoms with van der Waals surface area (Å²) in [7, 11) is 0. The fourth-order valence-corrected chi connectivity index (χ4v) is 3.76. The Kier molecular flexibility index (Phi) is 5.44. The highest BCUT2D eigenvalue weighted by atomic mass is 35.5. The number of furan rings is 1. The highest BCUT2D eigenvalue weighted by molar-refractivity contribution is 8.18. The van der Waals surface area contributed by atoms with Gasteiger partial charge >= 0.3 is 6.18 Å². The highest BCUT2D eigenvalue weighted by Crippen LogP contribution is 2.37. The Hall–Kier alpha value is -2.97. The van der Waals surface area contributed by atoms with Crippen LogP contribution in [-0.2, 0) is 11.0 Å². The number of halogens is 4. The Balaban J connectivity index is 1.58. The summed E-state index contributed by atoms with van der Waals surface area (Å²) < 4.78 is 45.1. The van der Waals surface area contributed by atoms with Gasteiger partial charge in [-0.3, -0.25) is 4.79 Å². The lowest BCUT2D eigenvalue weighted by atomic mass is 10.2. The smallest absolute Gasteiger partial charge is 0.418 e. The predicted octanol–water partition coefficient (Wildman–Crippen LogP) is 6.51. The van der Waals surface area contributed by atoms with Gasteiger partial charge in [-0.05, 0) is 48.2 Å². The number of amides is 1. The van der Waals surface area contributed by atoms with E-state index in [1.807, 2.05) is 6.07 Å². The number of carbonyl (C=O) groups is 1. The minimum absolute atomic E-state index is 0.0598. The zero-order valence-corrected chi connectivity index (χ0v) is 16.6.